The second kappa shape index (κ2) is 6.24. The highest BCUT2D eigenvalue weighted by Crippen LogP contribution is 2.34. The Bertz CT molecular complexity index is 619. The Morgan fingerprint density at radius 3 is 2.85 bits per heavy atom. The second-order valence-corrected chi connectivity index (χ2v) is 6.31. The fourth-order valence-electron chi connectivity index (χ4n) is 2.07. The van der Waals surface area contributed by atoms with Crippen molar-refractivity contribution in [3.63, 3.8) is 0 Å². The standard InChI is InChI=1S/C15H21N3OS/c1-10-5-6-11-12(9-10)20-14(13(11)16)15(19)17-7-4-8-18(2)3/h5-6,9H,4,7-8,16H2,1-3H3,(H,17,19). The Morgan fingerprint density at radius 1 is 1.40 bits per heavy atom. The molecule has 3 N–H and O–H groups in total. The molecule has 4 nitrogen and oxygen atoms in total. The Labute approximate surface area is 123 Å². The van der Waals surface area contributed by atoms with Crippen LogP contribution in [0.15, 0.2) is 18.2 Å². The van der Waals surface area contributed by atoms with Crippen molar-refractivity contribution >= 4 is 33.0 Å². The Hall–Kier alpha value is -1.59. The maximum absolute atomic E-state index is 12.2. The predicted molar refractivity (Wildman–Crippen MR) is 86.5 cm³/mol. The molecule has 0 radical (unpaired) electrons. The number of benzene rings is 1. The van der Waals surface area contributed by atoms with Crippen molar-refractivity contribution in [2.24, 2.45) is 0 Å². The number of aryl methyl sites for hydroxylation is 1. The number of fused-ring (bicyclic) bond motifs is 1. The summed E-state index contributed by atoms with van der Waals surface area (Å²) in [6.07, 6.45) is 0.933. The van der Waals surface area contributed by atoms with Gasteiger partial charge in [0.15, 0.2) is 0 Å². The lowest BCUT2D eigenvalue weighted by Gasteiger charge is -2.09. The van der Waals surface area contributed by atoms with E-state index in [1.807, 2.05) is 33.2 Å². The number of rotatable bonds is 5. The van der Waals surface area contributed by atoms with Crippen LogP contribution < -0.4 is 11.1 Å². The van der Waals surface area contributed by atoms with Gasteiger partial charge in [-0.1, -0.05) is 12.1 Å². The first-order valence-corrected chi connectivity index (χ1v) is 7.52. The fourth-order valence-corrected chi connectivity index (χ4v) is 3.21. The van der Waals surface area contributed by atoms with Gasteiger partial charge in [-0.05, 0) is 45.6 Å². The summed E-state index contributed by atoms with van der Waals surface area (Å²) in [5.74, 6) is -0.0693. The summed E-state index contributed by atoms with van der Waals surface area (Å²) in [6, 6.07) is 6.07. The summed E-state index contributed by atoms with van der Waals surface area (Å²) in [4.78, 5) is 14.9. The van der Waals surface area contributed by atoms with Gasteiger partial charge in [-0.3, -0.25) is 4.79 Å². The second-order valence-electron chi connectivity index (χ2n) is 5.26. The monoisotopic (exact) mass is 291 g/mol. The van der Waals surface area contributed by atoms with E-state index in [4.69, 9.17) is 5.73 Å². The lowest BCUT2D eigenvalue weighted by Crippen LogP contribution is -2.26. The number of carbonyl (C=O) groups excluding carboxylic acids is 1. The highest BCUT2D eigenvalue weighted by molar-refractivity contribution is 7.21. The van der Waals surface area contributed by atoms with Crippen molar-refractivity contribution in [1.29, 1.82) is 0 Å². The molecular formula is C15H21N3OS. The third-order valence-electron chi connectivity index (χ3n) is 3.16. The van der Waals surface area contributed by atoms with Crippen molar-refractivity contribution in [2.75, 3.05) is 32.9 Å². The van der Waals surface area contributed by atoms with E-state index in [-0.39, 0.29) is 5.91 Å². The predicted octanol–water partition coefficient (Wildman–Crippen LogP) is 2.47. The number of hydrogen-bond donors (Lipinski definition) is 2. The van der Waals surface area contributed by atoms with Gasteiger partial charge in [0.1, 0.15) is 4.88 Å². The van der Waals surface area contributed by atoms with Crippen LogP contribution in [0.25, 0.3) is 10.1 Å². The Morgan fingerprint density at radius 2 is 2.15 bits per heavy atom. The van der Waals surface area contributed by atoms with Crippen LogP contribution in [0, 0.1) is 6.92 Å². The molecule has 108 valence electrons. The molecule has 0 saturated carbocycles. The fraction of sp³-hybridized carbons (Fsp3) is 0.400. The first kappa shape index (κ1) is 14.8. The van der Waals surface area contributed by atoms with E-state index in [0.717, 1.165) is 23.1 Å². The van der Waals surface area contributed by atoms with E-state index >= 15 is 0 Å². The molecule has 5 heteroatoms. The van der Waals surface area contributed by atoms with Gasteiger partial charge in [0, 0.05) is 16.6 Å². The highest BCUT2D eigenvalue weighted by Gasteiger charge is 2.15. The van der Waals surface area contributed by atoms with Gasteiger partial charge in [-0.15, -0.1) is 11.3 Å². The number of nitrogens with zero attached hydrogens (tertiary/aromatic N) is 1. The minimum Gasteiger partial charge on any atom is -0.397 e. The summed E-state index contributed by atoms with van der Waals surface area (Å²) in [7, 11) is 4.04. The van der Waals surface area contributed by atoms with Crippen molar-refractivity contribution < 1.29 is 4.79 Å². The molecule has 1 heterocycles. The molecule has 1 aromatic carbocycles. The summed E-state index contributed by atoms with van der Waals surface area (Å²) in [5.41, 5.74) is 7.85. The molecule has 1 amide bonds. The minimum atomic E-state index is -0.0693. The van der Waals surface area contributed by atoms with Crippen LogP contribution in [-0.2, 0) is 0 Å². The normalized spacial score (nSPS) is 11.2. The summed E-state index contributed by atoms with van der Waals surface area (Å²) in [5, 5.41) is 3.91. The van der Waals surface area contributed by atoms with Crippen LogP contribution in [0.4, 0.5) is 5.69 Å². The maximum atomic E-state index is 12.2. The highest BCUT2D eigenvalue weighted by atomic mass is 32.1. The molecule has 20 heavy (non-hydrogen) atoms. The summed E-state index contributed by atoms with van der Waals surface area (Å²) >= 11 is 1.46. The van der Waals surface area contributed by atoms with Gasteiger partial charge in [0.05, 0.1) is 5.69 Å². The van der Waals surface area contributed by atoms with E-state index in [0.29, 0.717) is 17.1 Å². The molecule has 0 aliphatic carbocycles. The van der Waals surface area contributed by atoms with E-state index in [1.54, 1.807) is 0 Å². The van der Waals surface area contributed by atoms with E-state index in [9.17, 15) is 4.79 Å². The number of nitrogen functional groups attached to an aromatic ring is 1. The molecule has 0 unspecified atom stereocenters. The van der Waals surface area contributed by atoms with Crippen molar-refractivity contribution in [2.45, 2.75) is 13.3 Å². The molecule has 2 rings (SSSR count). The quantitative estimate of drug-likeness (QED) is 0.832. The third kappa shape index (κ3) is 3.29. The Kier molecular flexibility index (Phi) is 4.62. The zero-order chi connectivity index (χ0) is 14.7. The van der Waals surface area contributed by atoms with Crippen LogP contribution in [0.2, 0.25) is 0 Å². The van der Waals surface area contributed by atoms with Crippen LogP contribution in [0.3, 0.4) is 0 Å². The number of anilines is 1. The smallest absolute Gasteiger partial charge is 0.263 e. The van der Waals surface area contributed by atoms with Crippen LogP contribution in [0.1, 0.15) is 21.7 Å². The third-order valence-corrected chi connectivity index (χ3v) is 4.32. The van der Waals surface area contributed by atoms with Gasteiger partial charge >= 0.3 is 0 Å². The van der Waals surface area contributed by atoms with Crippen LogP contribution in [-0.4, -0.2) is 38.0 Å². The molecule has 2 aromatic rings. The molecule has 0 spiro atoms. The van der Waals surface area contributed by atoms with E-state index in [2.05, 4.69) is 16.3 Å². The molecule has 0 fully saturated rings. The molecule has 0 saturated heterocycles. The number of thiophene rings is 1. The van der Waals surface area contributed by atoms with Gasteiger partial charge in [0.25, 0.3) is 5.91 Å². The van der Waals surface area contributed by atoms with Crippen LogP contribution in [0.5, 0.6) is 0 Å². The molecule has 0 aliphatic heterocycles. The van der Waals surface area contributed by atoms with Gasteiger partial charge in [0.2, 0.25) is 0 Å². The van der Waals surface area contributed by atoms with Crippen molar-refractivity contribution in [1.82, 2.24) is 10.2 Å². The van der Waals surface area contributed by atoms with Crippen molar-refractivity contribution in [3.05, 3.63) is 28.6 Å². The average Bonchev–Trinajstić information content (AvgIpc) is 2.71. The van der Waals surface area contributed by atoms with Gasteiger partial charge in [-0.2, -0.15) is 0 Å². The molecule has 0 aliphatic rings. The SMILES string of the molecule is Cc1ccc2c(N)c(C(=O)NCCCN(C)C)sc2c1. The summed E-state index contributed by atoms with van der Waals surface area (Å²) < 4.78 is 1.07. The number of amides is 1. The first-order chi connectivity index (χ1) is 9.49. The molecule has 0 bridgehead atoms. The number of hydrogen-bond acceptors (Lipinski definition) is 4. The topological polar surface area (TPSA) is 58.4 Å². The van der Waals surface area contributed by atoms with Gasteiger partial charge in [-0.25, -0.2) is 0 Å². The first-order valence-electron chi connectivity index (χ1n) is 6.70. The summed E-state index contributed by atoms with van der Waals surface area (Å²) in [6.45, 7) is 3.67. The zero-order valence-corrected chi connectivity index (χ0v) is 13.0. The zero-order valence-electron chi connectivity index (χ0n) is 12.2. The average molecular weight is 291 g/mol. The lowest BCUT2D eigenvalue weighted by molar-refractivity contribution is 0.0957. The molecule has 1 aromatic heterocycles. The Balaban J connectivity index is 2.08. The largest absolute Gasteiger partial charge is 0.397 e. The molecule has 0 atom stereocenters. The lowest BCUT2D eigenvalue weighted by atomic mass is 10.1. The van der Waals surface area contributed by atoms with Crippen LogP contribution >= 0.6 is 11.3 Å². The number of nitrogens with one attached hydrogen (secondary N) is 1. The van der Waals surface area contributed by atoms with E-state index < -0.39 is 0 Å². The van der Waals surface area contributed by atoms with E-state index in [1.165, 1.54) is 16.9 Å². The number of nitrogens with two attached hydrogens (primary N) is 1. The van der Waals surface area contributed by atoms with Crippen molar-refractivity contribution in [3.8, 4) is 0 Å². The maximum Gasteiger partial charge on any atom is 0.263 e. The van der Waals surface area contributed by atoms with Gasteiger partial charge < -0.3 is 16.0 Å². The number of carbonyl (C=O) groups is 1. The molecular weight excluding hydrogens is 270 g/mol. The minimum absolute atomic E-state index is 0.0693.